The summed E-state index contributed by atoms with van der Waals surface area (Å²) in [6.45, 7) is 4.08. The summed E-state index contributed by atoms with van der Waals surface area (Å²) < 4.78 is 18.1. The molecule has 0 aliphatic carbocycles. The van der Waals surface area contributed by atoms with Gasteiger partial charge in [-0.05, 0) is 59.4 Å². The van der Waals surface area contributed by atoms with Gasteiger partial charge in [0.05, 0.1) is 27.0 Å². The van der Waals surface area contributed by atoms with E-state index < -0.39 is 9.71 Å². The highest BCUT2D eigenvalue weighted by atomic mass is 79.9. The number of hydrogen-bond donors (Lipinski definition) is 2. The third-order valence-corrected chi connectivity index (χ3v) is 5.08. The normalized spacial score (nSPS) is 13.3. The van der Waals surface area contributed by atoms with Gasteiger partial charge in [-0.3, -0.25) is 5.14 Å². The lowest BCUT2D eigenvalue weighted by Crippen LogP contribution is -2.14. The van der Waals surface area contributed by atoms with E-state index in [4.69, 9.17) is 9.88 Å². The standard InChI is InChI=1S/C14H17BrN4O2S/c1-3-21-13-12(15)9-17-14(19-13)18-10-5-7-11(8-6-10)22(16,20)4-2/h4-9H,3H2,1-2H3,(H2,16,20)(H,17,18,19). The van der Waals surface area contributed by atoms with Crippen LogP contribution in [-0.4, -0.2) is 26.2 Å². The first-order valence-corrected chi connectivity index (χ1v) is 9.07. The van der Waals surface area contributed by atoms with Gasteiger partial charge in [0.1, 0.15) is 0 Å². The van der Waals surface area contributed by atoms with E-state index in [1.807, 2.05) is 6.92 Å². The molecule has 3 N–H and O–H groups in total. The molecule has 2 rings (SSSR count). The second-order valence-electron chi connectivity index (χ2n) is 4.31. The molecule has 22 heavy (non-hydrogen) atoms. The number of benzene rings is 1. The summed E-state index contributed by atoms with van der Waals surface area (Å²) in [4.78, 5) is 9.01. The Balaban J connectivity index is 2.21. The second-order valence-corrected chi connectivity index (χ2v) is 7.40. The van der Waals surface area contributed by atoms with E-state index in [0.717, 1.165) is 5.69 Å². The molecule has 1 aromatic carbocycles. The predicted octanol–water partition coefficient (Wildman–Crippen LogP) is 2.72. The van der Waals surface area contributed by atoms with Crippen LogP contribution in [0.1, 0.15) is 13.8 Å². The SMILES string of the molecule is CC=S(N)(=O)c1ccc(Nc2ncc(Br)c(OCC)n2)cc1. The Hall–Kier alpha value is -1.64. The molecule has 1 heterocycles. The minimum atomic E-state index is -2.57. The lowest BCUT2D eigenvalue weighted by molar-refractivity contribution is 0.324. The van der Waals surface area contributed by atoms with Gasteiger partial charge in [-0.1, -0.05) is 0 Å². The van der Waals surface area contributed by atoms with Crippen molar-refractivity contribution in [3.63, 3.8) is 0 Å². The van der Waals surface area contributed by atoms with E-state index >= 15 is 0 Å². The Labute approximate surface area is 138 Å². The van der Waals surface area contributed by atoms with Crippen molar-refractivity contribution in [3.8, 4) is 5.88 Å². The molecule has 1 unspecified atom stereocenters. The third-order valence-electron chi connectivity index (χ3n) is 2.82. The van der Waals surface area contributed by atoms with Crippen molar-refractivity contribution in [2.45, 2.75) is 18.7 Å². The molecule has 0 bridgehead atoms. The molecule has 0 saturated carbocycles. The molecule has 6 nitrogen and oxygen atoms in total. The molecule has 118 valence electrons. The number of rotatable bonds is 5. The fourth-order valence-electron chi connectivity index (χ4n) is 1.67. The molecular weight excluding hydrogens is 368 g/mol. The van der Waals surface area contributed by atoms with Gasteiger partial charge in [-0.15, -0.1) is 0 Å². The number of nitrogens with one attached hydrogen (secondary N) is 1. The molecule has 0 saturated heterocycles. The molecule has 0 fully saturated rings. The third kappa shape index (κ3) is 3.96. The van der Waals surface area contributed by atoms with Crippen molar-refractivity contribution in [2.24, 2.45) is 5.14 Å². The quantitative estimate of drug-likeness (QED) is 0.773. The number of aromatic nitrogens is 2. The van der Waals surface area contributed by atoms with Crippen molar-refractivity contribution in [1.29, 1.82) is 0 Å². The summed E-state index contributed by atoms with van der Waals surface area (Å²) in [6, 6.07) is 6.98. The first kappa shape index (κ1) is 16.7. The van der Waals surface area contributed by atoms with Gasteiger partial charge in [0.25, 0.3) is 0 Å². The van der Waals surface area contributed by atoms with Crippen LogP contribution in [0.3, 0.4) is 0 Å². The predicted molar refractivity (Wildman–Crippen MR) is 93.0 cm³/mol. The highest BCUT2D eigenvalue weighted by Crippen LogP contribution is 2.24. The highest BCUT2D eigenvalue weighted by molar-refractivity contribution is 9.10. The van der Waals surface area contributed by atoms with E-state index in [2.05, 4.69) is 31.2 Å². The Morgan fingerprint density at radius 1 is 1.41 bits per heavy atom. The Bertz CT molecular complexity index is 771. The van der Waals surface area contributed by atoms with Gasteiger partial charge in [0.15, 0.2) is 0 Å². The number of ether oxygens (including phenoxy) is 1. The lowest BCUT2D eigenvalue weighted by atomic mass is 10.3. The summed E-state index contributed by atoms with van der Waals surface area (Å²) >= 11 is 3.33. The van der Waals surface area contributed by atoms with Crippen LogP contribution in [0.2, 0.25) is 0 Å². The Kier molecular flexibility index (Phi) is 5.38. The largest absolute Gasteiger partial charge is 0.477 e. The average molecular weight is 385 g/mol. The first-order chi connectivity index (χ1) is 10.5. The van der Waals surface area contributed by atoms with Gasteiger partial charge < -0.3 is 10.1 Å². The van der Waals surface area contributed by atoms with Crippen LogP contribution in [0, 0.1) is 0 Å². The van der Waals surface area contributed by atoms with Crippen LogP contribution in [0.4, 0.5) is 11.6 Å². The van der Waals surface area contributed by atoms with Crippen LogP contribution in [-0.2, 0) is 9.71 Å². The van der Waals surface area contributed by atoms with Crippen molar-refractivity contribution in [2.75, 3.05) is 11.9 Å². The number of nitrogens with zero attached hydrogens (tertiary/aromatic N) is 2. The summed E-state index contributed by atoms with van der Waals surface area (Å²) in [6.07, 6.45) is 1.62. The number of nitrogens with two attached hydrogens (primary N) is 1. The fraction of sp³-hybridized carbons (Fsp3) is 0.214. The molecule has 2 aromatic rings. The van der Waals surface area contributed by atoms with Crippen LogP contribution in [0.5, 0.6) is 5.88 Å². The van der Waals surface area contributed by atoms with Crippen LogP contribution in [0.25, 0.3) is 0 Å². The topological polar surface area (TPSA) is 90.1 Å². The summed E-state index contributed by atoms with van der Waals surface area (Å²) in [5, 5.41) is 10.3. The van der Waals surface area contributed by atoms with E-state index in [1.165, 1.54) is 5.37 Å². The second kappa shape index (κ2) is 7.08. The highest BCUT2D eigenvalue weighted by Gasteiger charge is 2.07. The minimum absolute atomic E-state index is 0.412. The van der Waals surface area contributed by atoms with Crippen LogP contribution >= 0.6 is 15.9 Å². The molecule has 1 atom stereocenters. The summed E-state index contributed by atoms with van der Waals surface area (Å²) in [5.41, 5.74) is 0.764. The maximum Gasteiger partial charge on any atom is 0.232 e. The molecule has 0 aliphatic heterocycles. The molecule has 0 radical (unpaired) electrons. The first-order valence-electron chi connectivity index (χ1n) is 6.60. The van der Waals surface area contributed by atoms with Crippen molar-refractivity contribution in [1.82, 2.24) is 9.97 Å². The van der Waals surface area contributed by atoms with Gasteiger partial charge in [0, 0.05) is 10.6 Å². The van der Waals surface area contributed by atoms with E-state index in [1.54, 1.807) is 37.4 Å². The summed E-state index contributed by atoms with van der Waals surface area (Å²) in [5.74, 6) is 0.886. The smallest absolute Gasteiger partial charge is 0.232 e. The lowest BCUT2D eigenvalue weighted by Gasteiger charge is -2.09. The number of halogens is 1. The summed E-state index contributed by atoms with van der Waals surface area (Å²) in [7, 11) is -2.57. The van der Waals surface area contributed by atoms with Crippen molar-refractivity contribution in [3.05, 3.63) is 34.9 Å². The van der Waals surface area contributed by atoms with Crippen molar-refractivity contribution >= 4 is 42.6 Å². The fourth-order valence-corrected chi connectivity index (χ4v) is 2.80. The van der Waals surface area contributed by atoms with Gasteiger partial charge >= 0.3 is 0 Å². The zero-order chi connectivity index (χ0) is 16.2. The maximum absolute atomic E-state index is 12.0. The molecule has 8 heteroatoms. The Morgan fingerprint density at radius 3 is 2.68 bits per heavy atom. The van der Waals surface area contributed by atoms with Crippen LogP contribution in [0.15, 0.2) is 39.8 Å². The monoisotopic (exact) mass is 384 g/mol. The minimum Gasteiger partial charge on any atom is -0.477 e. The van der Waals surface area contributed by atoms with E-state index in [9.17, 15) is 4.21 Å². The van der Waals surface area contributed by atoms with Crippen LogP contribution < -0.4 is 15.2 Å². The van der Waals surface area contributed by atoms with E-state index in [0.29, 0.717) is 27.8 Å². The molecule has 1 aromatic heterocycles. The molecule has 0 aliphatic rings. The van der Waals surface area contributed by atoms with Gasteiger partial charge in [-0.2, -0.15) is 4.98 Å². The Morgan fingerprint density at radius 2 is 2.09 bits per heavy atom. The number of hydrogen-bond acceptors (Lipinski definition) is 5. The molecule has 0 amide bonds. The number of anilines is 2. The van der Waals surface area contributed by atoms with Gasteiger partial charge in [-0.25, -0.2) is 9.19 Å². The van der Waals surface area contributed by atoms with E-state index in [-0.39, 0.29) is 0 Å². The van der Waals surface area contributed by atoms with Gasteiger partial charge in [0.2, 0.25) is 11.8 Å². The average Bonchev–Trinajstić information content (AvgIpc) is 2.51. The molecule has 0 spiro atoms. The zero-order valence-electron chi connectivity index (χ0n) is 12.2. The molecular formula is C14H17BrN4O2S. The zero-order valence-corrected chi connectivity index (χ0v) is 14.6. The van der Waals surface area contributed by atoms with Crippen molar-refractivity contribution < 1.29 is 8.95 Å². The maximum atomic E-state index is 12.0.